The first-order chi connectivity index (χ1) is 7.50. The fourth-order valence-corrected chi connectivity index (χ4v) is 1.37. The number of anilines is 1. The molecule has 0 amide bonds. The van der Waals surface area contributed by atoms with Gasteiger partial charge in [-0.15, -0.1) is 0 Å². The van der Waals surface area contributed by atoms with Crippen molar-refractivity contribution in [3.8, 4) is 0 Å². The number of nitrogens with zero attached hydrogens (tertiary/aromatic N) is 2. The van der Waals surface area contributed by atoms with Gasteiger partial charge < -0.3 is 10.4 Å². The lowest BCUT2D eigenvalue weighted by Gasteiger charge is -2.16. The monoisotopic (exact) mass is 223 g/mol. The first-order valence-corrected chi connectivity index (χ1v) is 5.26. The third-order valence-electron chi connectivity index (χ3n) is 2.43. The maximum atomic E-state index is 11.0. The maximum Gasteiger partial charge on any atom is 0.308 e. The number of carboxylic acids is 1. The van der Waals surface area contributed by atoms with Crippen molar-refractivity contribution in [2.24, 2.45) is 11.8 Å². The van der Waals surface area contributed by atoms with Crippen molar-refractivity contribution in [1.82, 2.24) is 9.97 Å². The van der Waals surface area contributed by atoms with E-state index in [9.17, 15) is 4.79 Å². The second-order valence-electron chi connectivity index (χ2n) is 4.11. The van der Waals surface area contributed by atoms with Crippen LogP contribution in [0.25, 0.3) is 0 Å². The number of aryl methyl sites for hydroxylation is 1. The normalized spacial score (nSPS) is 12.5. The number of aromatic nitrogens is 2. The van der Waals surface area contributed by atoms with Gasteiger partial charge in [0.05, 0.1) is 5.92 Å². The Kier molecular flexibility index (Phi) is 4.22. The average Bonchev–Trinajstić information content (AvgIpc) is 2.16. The van der Waals surface area contributed by atoms with Gasteiger partial charge in [0.15, 0.2) is 0 Å². The summed E-state index contributed by atoms with van der Waals surface area (Å²) in [6.07, 6.45) is 1.46. The van der Waals surface area contributed by atoms with Gasteiger partial charge in [-0.3, -0.25) is 4.79 Å². The minimum absolute atomic E-state index is 0.0907. The van der Waals surface area contributed by atoms with Gasteiger partial charge in [0.25, 0.3) is 0 Å². The highest BCUT2D eigenvalue weighted by atomic mass is 16.4. The van der Waals surface area contributed by atoms with Crippen LogP contribution in [0.4, 0.5) is 5.82 Å². The molecule has 1 aromatic heterocycles. The van der Waals surface area contributed by atoms with Crippen molar-refractivity contribution < 1.29 is 9.90 Å². The van der Waals surface area contributed by atoms with Crippen LogP contribution in [0.3, 0.4) is 0 Å². The second kappa shape index (κ2) is 5.44. The number of carboxylic acid groups (broad SMARTS) is 1. The van der Waals surface area contributed by atoms with Crippen molar-refractivity contribution in [2.45, 2.75) is 20.8 Å². The predicted molar refractivity (Wildman–Crippen MR) is 61.2 cm³/mol. The molecule has 88 valence electrons. The van der Waals surface area contributed by atoms with Crippen molar-refractivity contribution in [3.63, 3.8) is 0 Å². The van der Waals surface area contributed by atoms with Crippen LogP contribution in [-0.4, -0.2) is 27.6 Å². The van der Waals surface area contributed by atoms with Crippen LogP contribution in [-0.2, 0) is 4.79 Å². The van der Waals surface area contributed by atoms with E-state index in [1.807, 2.05) is 20.8 Å². The molecule has 0 aromatic carbocycles. The number of aliphatic carboxylic acids is 1. The molecule has 5 nitrogen and oxygen atoms in total. The van der Waals surface area contributed by atoms with Crippen molar-refractivity contribution >= 4 is 11.8 Å². The molecule has 5 heteroatoms. The van der Waals surface area contributed by atoms with Crippen LogP contribution in [0.1, 0.15) is 19.5 Å². The van der Waals surface area contributed by atoms with Crippen molar-refractivity contribution in [3.05, 3.63) is 18.1 Å². The van der Waals surface area contributed by atoms with Crippen molar-refractivity contribution in [2.75, 3.05) is 11.9 Å². The van der Waals surface area contributed by atoms with Crippen LogP contribution in [0.2, 0.25) is 0 Å². The van der Waals surface area contributed by atoms with Crippen molar-refractivity contribution in [1.29, 1.82) is 0 Å². The van der Waals surface area contributed by atoms with E-state index < -0.39 is 11.9 Å². The SMILES string of the molecule is Cc1cc(NCC(C(=O)O)C(C)C)ncn1. The first kappa shape index (κ1) is 12.4. The van der Waals surface area contributed by atoms with Gasteiger partial charge in [0.1, 0.15) is 12.1 Å². The van der Waals surface area contributed by atoms with E-state index in [1.54, 1.807) is 6.07 Å². The summed E-state index contributed by atoms with van der Waals surface area (Å²) in [5.41, 5.74) is 0.855. The molecule has 1 heterocycles. The van der Waals surface area contributed by atoms with Crippen LogP contribution in [0.5, 0.6) is 0 Å². The Hall–Kier alpha value is -1.65. The molecule has 1 unspecified atom stereocenters. The largest absolute Gasteiger partial charge is 0.481 e. The number of hydrogen-bond donors (Lipinski definition) is 2. The summed E-state index contributed by atoms with van der Waals surface area (Å²) in [7, 11) is 0. The lowest BCUT2D eigenvalue weighted by atomic mass is 9.96. The third kappa shape index (κ3) is 3.49. The minimum Gasteiger partial charge on any atom is -0.481 e. The van der Waals surface area contributed by atoms with E-state index in [-0.39, 0.29) is 5.92 Å². The Bertz CT molecular complexity index is 366. The molecule has 0 radical (unpaired) electrons. The molecule has 1 aromatic rings. The highest BCUT2D eigenvalue weighted by Gasteiger charge is 2.20. The molecule has 0 saturated carbocycles. The van der Waals surface area contributed by atoms with E-state index in [2.05, 4.69) is 15.3 Å². The zero-order chi connectivity index (χ0) is 12.1. The molecule has 0 aliphatic heterocycles. The molecule has 0 aliphatic carbocycles. The molecular weight excluding hydrogens is 206 g/mol. The number of nitrogens with one attached hydrogen (secondary N) is 1. The van der Waals surface area contributed by atoms with Gasteiger partial charge >= 0.3 is 5.97 Å². The smallest absolute Gasteiger partial charge is 0.308 e. The van der Waals surface area contributed by atoms with E-state index >= 15 is 0 Å². The maximum absolute atomic E-state index is 11.0. The van der Waals surface area contributed by atoms with E-state index in [1.165, 1.54) is 6.33 Å². The summed E-state index contributed by atoms with van der Waals surface area (Å²) in [6.45, 7) is 6.03. The lowest BCUT2D eigenvalue weighted by molar-refractivity contribution is -0.142. The highest BCUT2D eigenvalue weighted by molar-refractivity contribution is 5.71. The lowest BCUT2D eigenvalue weighted by Crippen LogP contribution is -2.27. The average molecular weight is 223 g/mol. The summed E-state index contributed by atoms with van der Waals surface area (Å²) in [4.78, 5) is 18.9. The molecule has 0 spiro atoms. The van der Waals surface area contributed by atoms with Gasteiger partial charge in [-0.1, -0.05) is 13.8 Å². The van der Waals surface area contributed by atoms with Gasteiger partial charge in [-0.05, 0) is 12.8 Å². The molecule has 1 atom stereocenters. The summed E-state index contributed by atoms with van der Waals surface area (Å²) in [5.74, 6) is -0.434. The molecule has 0 aliphatic rings. The van der Waals surface area contributed by atoms with Crippen LogP contribution in [0, 0.1) is 18.8 Å². The van der Waals surface area contributed by atoms with Gasteiger partial charge in [-0.25, -0.2) is 9.97 Å². The van der Waals surface area contributed by atoms with E-state index in [0.717, 1.165) is 5.69 Å². The van der Waals surface area contributed by atoms with Gasteiger partial charge in [0, 0.05) is 18.3 Å². The summed E-state index contributed by atoms with van der Waals surface area (Å²) < 4.78 is 0. The first-order valence-electron chi connectivity index (χ1n) is 5.26. The Balaban J connectivity index is 2.59. The zero-order valence-electron chi connectivity index (χ0n) is 9.77. The quantitative estimate of drug-likeness (QED) is 0.792. The molecule has 2 N–H and O–H groups in total. The zero-order valence-corrected chi connectivity index (χ0v) is 9.77. The fraction of sp³-hybridized carbons (Fsp3) is 0.545. The predicted octanol–water partition coefficient (Wildman–Crippen LogP) is 1.55. The standard InChI is InChI=1S/C11H17N3O2/c1-7(2)9(11(15)16)5-12-10-4-8(3)13-6-14-10/h4,6-7,9H,5H2,1-3H3,(H,15,16)(H,12,13,14). The Morgan fingerprint density at radius 3 is 2.69 bits per heavy atom. The Morgan fingerprint density at radius 2 is 2.19 bits per heavy atom. The van der Waals surface area contributed by atoms with E-state index in [4.69, 9.17) is 5.11 Å². The third-order valence-corrected chi connectivity index (χ3v) is 2.43. The molecule has 0 fully saturated rings. The molecule has 1 rings (SSSR count). The number of hydrogen-bond acceptors (Lipinski definition) is 4. The second-order valence-corrected chi connectivity index (χ2v) is 4.11. The van der Waals surface area contributed by atoms with Gasteiger partial charge in [0.2, 0.25) is 0 Å². The molecule has 16 heavy (non-hydrogen) atoms. The highest BCUT2D eigenvalue weighted by Crippen LogP contribution is 2.12. The number of carbonyl (C=O) groups is 1. The number of rotatable bonds is 5. The topological polar surface area (TPSA) is 75.1 Å². The van der Waals surface area contributed by atoms with Crippen LogP contribution >= 0.6 is 0 Å². The summed E-state index contributed by atoms with van der Waals surface area (Å²) >= 11 is 0. The van der Waals surface area contributed by atoms with E-state index in [0.29, 0.717) is 12.4 Å². The van der Waals surface area contributed by atoms with Crippen LogP contribution < -0.4 is 5.32 Å². The summed E-state index contributed by atoms with van der Waals surface area (Å²) in [6, 6.07) is 1.79. The molecule has 0 bridgehead atoms. The Morgan fingerprint density at radius 1 is 1.50 bits per heavy atom. The minimum atomic E-state index is -0.784. The van der Waals surface area contributed by atoms with Crippen LogP contribution in [0.15, 0.2) is 12.4 Å². The summed E-state index contributed by atoms with van der Waals surface area (Å²) in [5, 5.41) is 12.0. The Labute approximate surface area is 94.9 Å². The molecule has 0 saturated heterocycles. The van der Waals surface area contributed by atoms with Gasteiger partial charge in [-0.2, -0.15) is 0 Å². The molecular formula is C11H17N3O2. The fourth-order valence-electron chi connectivity index (χ4n) is 1.37.